The number of nitrogens with zero attached hydrogens (tertiary/aromatic N) is 2. The first-order chi connectivity index (χ1) is 12.9. The number of thioether (sulfide) groups is 1. The van der Waals surface area contributed by atoms with Crippen LogP contribution in [0.3, 0.4) is 0 Å². The van der Waals surface area contributed by atoms with Crippen molar-refractivity contribution >= 4 is 11.8 Å². The Bertz CT molecular complexity index is 948. The summed E-state index contributed by atoms with van der Waals surface area (Å²) in [5, 5.41) is 8.17. The lowest BCUT2D eigenvalue weighted by Gasteiger charge is -2.02. The van der Waals surface area contributed by atoms with Gasteiger partial charge < -0.3 is 0 Å². The molecule has 0 spiro atoms. The first-order valence-corrected chi connectivity index (χ1v) is 9.62. The number of aromatic nitrogens is 3. The van der Waals surface area contributed by atoms with Gasteiger partial charge in [0.25, 0.3) is 0 Å². The molecule has 0 aliphatic carbocycles. The molecular weight excluding hydrogens is 338 g/mol. The summed E-state index contributed by atoms with van der Waals surface area (Å²) in [7, 11) is 0. The Morgan fingerprint density at radius 3 is 2.04 bits per heavy atom. The van der Waals surface area contributed by atoms with Gasteiger partial charge in [-0.25, -0.2) is 4.98 Å². The highest BCUT2D eigenvalue weighted by Gasteiger charge is 2.07. The molecule has 0 saturated carbocycles. The van der Waals surface area contributed by atoms with Crippen molar-refractivity contribution in [3.05, 3.63) is 90.5 Å². The molecule has 1 heterocycles. The van der Waals surface area contributed by atoms with Gasteiger partial charge in [-0.3, -0.25) is 5.10 Å². The molecule has 1 aromatic heterocycles. The summed E-state index contributed by atoms with van der Waals surface area (Å²) in [5.41, 5.74) is 4.81. The topological polar surface area (TPSA) is 41.6 Å². The van der Waals surface area contributed by atoms with Crippen molar-refractivity contribution < 1.29 is 0 Å². The van der Waals surface area contributed by atoms with E-state index in [0.717, 1.165) is 28.7 Å². The number of aryl methyl sites for hydroxylation is 1. The third-order valence-electron chi connectivity index (χ3n) is 4.20. The Morgan fingerprint density at radius 1 is 0.692 bits per heavy atom. The summed E-state index contributed by atoms with van der Waals surface area (Å²) in [5.74, 6) is 1.78. The van der Waals surface area contributed by atoms with Gasteiger partial charge >= 0.3 is 0 Å². The molecule has 0 unspecified atom stereocenters. The zero-order valence-electron chi connectivity index (χ0n) is 14.3. The fourth-order valence-corrected chi connectivity index (χ4v) is 3.58. The van der Waals surface area contributed by atoms with Crippen molar-refractivity contribution in [2.75, 3.05) is 5.75 Å². The smallest absolute Gasteiger partial charge is 0.208 e. The van der Waals surface area contributed by atoms with Crippen LogP contribution in [0.5, 0.6) is 0 Å². The molecule has 0 aliphatic rings. The van der Waals surface area contributed by atoms with Gasteiger partial charge in [-0.15, -0.1) is 5.10 Å². The number of hydrogen-bond acceptors (Lipinski definition) is 3. The van der Waals surface area contributed by atoms with Crippen LogP contribution in [0.15, 0.2) is 90.1 Å². The maximum absolute atomic E-state index is 4.61. The lowest BCUT2D eigenvalue weighted by Crippen LogP contribution is -1.88. The molecule has 0 amide bonds. The minimum absolute atomic E-state index is 0.795. The highest BCUT2D eigenvalue weighted by Crippen LogP contribution is 2.24. The lowest BCUT2D eigenvalue weighted by atomic mass is 10.0. The minimum Gasteiger partial charge on any atom is -0.258 e. The monoisotopic (exact) mass is 357 g/mol. The fourth-order valence-electron chi connectivity index (χ4n) is 2.80. The molecule has 1 N–H and O–H groups in total. The van der Waals surface area contributed by atoms with E-state index in [1.807, 2.05) is 12.1 Å². The fraction of sp³-hybridized carbons (Fsp3) is 0.0909. The summed E-state index contributed by atoms with van der Waals surface area (Å²) in [6.07, 6.45) is 1.02. The maximum atomic E-state index is 4.61. The average Bonchev–Trinajstić information content (AvgIpc) is 3.19. The molecular formula is C22H19N3S. The molecule has 4 rings (SSSR count). The van der Waals surface area contributed by atoms with Gasteiger partial charge in [0.15, 0.2) is 5.82 Å². The highest BCUT2D eigenvalue weighted by molar-refractivity contribution is 7.99. The predicted octanol–water partition coefficient (Wildman–Crippen LogP) is 5.47. The standard InChI is InChI=1S/C22H19N3S/c1-3-7-17(8-4-1)15-16-26-22-23-21(24-25-22)20-13-11-19(12-14-20)18-9-5-2-6-10-18/h1-14H,15-16H2,(H,23,24,25). The van der Waals surface area contributed by atoms with Crippen molar-refractivity contribution in [3.8, 4) is 22.5 Å². The number of rotatable bonds is 6. The zero-order chi connectivity index (χ0) is 17.6. The van der Waals surface area contributed by atoms with Crippen molar-refractivity contribution in [2.45, 2.75) is 11.6 Å². The Labute approximate surface area is 157 Å². The van der Waals surface area contributed by atoms with Crippen LogP contribution in [0.2, 0.25) is 0 Å². The molecule has 4 aromatic rings. The van der Waals surface area contributed by atoms with Crippen molar-refractivity contribution in [1.29, 1.82) is 0 Å². The molecule has 0 aliphatic heterocycles. The third kappa shape index (κ3) is 4.03. The van der Waals surface area contributed by atoms with Gasteiger partial charge in [-0.05, 0) is 23.1 Å². The molecule has 3 nitrogen and oxygen atoms in total. The second-order valence-electron chi connectivity index (χ2n) is 5.99. The third-order valence-corrected chi connectivity index (χ3v) is 5.04. The predicted molar refractivity (Wildman–Crippen MR) is 108 cm³/mol. The van der Waals surface area contributed by atoms with Crippen LogP contribution in [0.25, 0.3) is 22.5 Å². The van der Waals surface area contributed by atoms with E-state index in [0.29, 0.717) is 0 Å². The van der Waals surface area contributed by atoms with Gasteiger partial charge in [0.05, 0.1) is 0 Å². The number of benzene rings is 3. The van der Waals surface area contributed by atoms with Crippen LogP contribution in [-0.4, -0.2) is 20.9 Å². The minimum atomic E-state index is 0.795. The zero-order valence-corrected chi connectivity index (χ0v) is 15.1. The number of nitrogens with one attached hydrogen (secondary N) is 1. The molecule has 0 radical (unpaired) electrons. The first-order valence-electron chi connectivity index (χ1n) is 8.63. The Hall–Kier alpha value is -2.85. The Kier molecular flexibility index (Phi) is 5.12. The van der Waals surface area contributed by atoms with Gasteiger partial charge in [0.1, 0.15) is 0 Å². The molecule has 26 heavy (non-hydrogen) atoms. The highest BCUT2D eigenvalue weighted by atomic mass is 32.2. The molecule has 128 valence electrons. The van der Waals surface area contributed by atoms with Crippen molar-refractivity contribution in [3.63, 3.8) is 0 Å². The lowest BCUT2D eigenvalue weighted by molar-refractivity contribution is 0.970. The van der Waals surface area contributed by atoms with Crippen LogP contribution in [0.1, 0.15) is 5.56 Å². The number of aromatic amines is 1. The summed E-state index contributed by atoms with van der Waals surface area (Å²) < 4.78 is 0. The van der Waals surface area contributed by atoms with Crippen molar-refractivity contribution in [1.82, 2.24) is 15.2 Å². The van der Waals surface area contributed by atoms with E-state index >= 15 is 0 Å². The van der Waals surface area contributed by atoms with Crippen LogP contribution >= 0.6 is 11.8 Å². The van der Waals surface area contributed by atoms with E-state index in [1.165, 1.54) is 16.7 Å². The van der Waals surface area contributed by atoms with Crippen LogP contribution < -0.4 is 0 Å². The van der Waals surface area contributed by atoms with E-state index in [-0.39, 0.29) is 0 Å². The molecule has 3 aromatic carbocycles. The van der Waals surface area contributed by atoms with Gasteiger partial charge in [-0.1, -0.05) is 96.7 Å². The number of H-pyrrole nitrogens is 1. The van der Waals surface area contributed by atoms with E-state index in [1.54, 1.807) is 11.8 Å². The van der Waals surface area contributed by atoms with Gasteiger partial charge in [0.2, 0.25) is 5.16 Å². The molecule has 0 bridgehead atoms. The Balaban J connectivity index is 1.39. The SMILES string of the molecule is c1ccc(CCSc2n[nH]c(-c3ccc(-c4ccccc4)cc3)n2)cc1. The second-order valence-corrected chi connectivity index (χ2v) is 7.06. The maximum Gasteiger partial charge on any atom is 0.208 e. The average molecular weight is 357 g/mol. The van der Waals surface area contributed by atoms with Gasteiger partial charge in [0, 0.05) is 11.3 Å². The van der Waals surface area contributed by atoms with E-state index < -0.39 is 0 Å². The van der Waals surface area contributed by atoms with Crippen LogP contribution in [-0.2, 0) is 6.42 Å². The van der Waals surface area contributed by atoms with E-state index in [4.69, 9.17) is 0 Å². The van der Waals surface area contributed by atoms with E-state index in [2.05, 4.69) is 88.0 Å². The van der Waals surface area contributed by atoms with Crippen LogP contribution in [0.4, 0.5) is 0 Å². The Morgan fingerprint density at radius 2 is 1.31 bits per heavy atom. The van der Waals surface area contributed by atoms with E-state index in [9.17, 15) is 0 Å². The van der Waals surface area contributed by atoms with Crippen molar-refractivity contribution in [2.24, 2.45) is 0 Å². The molecule has 0 atom stereocenters. The summed E-state index contributed by atoms with van der Waals surface area (Å²) >= 11 is 1.68. The first kappa shape index (κ1) is 16.6. The second kappa shape index (κ2) is 8.02. The summed E-state index contributed by atoms with van der Waals surface area (Å²) in [6.45, 7) is 0. The normalized spacial score (nSPS) is 10.8. The quantitative estimate of drug-likeness (QED) is 0.465. The molecule has 0 fully saturated rings. The van der Waals surface area contributed by atoms with Crippen LogP contribution in [0, 0.1) is 0 Å². The summed E-state index contributed by atoms with van der Waals surface area (Å²) in [4.78, 5) is 4.61. The molecule has 0 saturated heterocycles. The molecule has 4 heteroatoms. The number of hydrogen-bond donors (Lipinski definition) is 1. The summed E-state index contributed by atoms with van der Waals surface area (Å²) in [6, 6.07) is 29.3. The van der Waals surface area contributed by atoms with Gasteiger partial charge in [-0.2, -0.15) is 0 Å². The largest absolute Gasteiger partial charge is 0.258 e.